The molecule has 0 fully saturated rings. The van der Waals surface area contributed by atoms with Gasteiger partial charge in [-0.3, -0.25) is 9.11 Å². The first-order valence-electron chi connectivity index (χ1n) is 8.03. The molecule has 0 radical (unpaired) electrons. The normalized spacial score (nSPS) is 12.6. The summed E-state index contributed by atoms with van der Waals surface area (Å²) < 4.78 is 111. The van der Waals surface area contributed by atoms with Crippen LogP contribution in [0.1, 0.15) is 0 Å². The summed E-state index contributed by atoms with van der Waals surface area (Å²) in [5.41, 5.74) is 0. The van der Waals surface area contributed by atoms with Crippen molar-refractivity contribution in [1.29, 1.82) is 0 Å². The first-order chi connectivity index (χ1) is 14.3. The van der Waals surface area contributed by atoms with E-state index in [1.54, 1.807) is 6.26 Å². The van der Waals surface area contributed by atoms with Crippen LogP contribution >= 0.6 is 11.8 Å². The van der Waals surface area contributed by atoms with Gasteiger partial charge < -0.3 is 4.74 Å². The molecule has 0 aliphatic carbocycles. The predicted octanol–water partition coefficient (Wildman–Crippen LogP) is 1.40. The third-order valence-corrected chi connectivity index (χ3v) is 8.60. The molecular formula is C16H20O11S5. The lowest BCUT2D eigenvalue weighted by atomic mass is 10.3. The molecule has 0 amide bonds. The van der Waals surface area contributed by atoms with Gasteiger partial charge in [0.15, 0.2) is 19.7 Å². The van der Waals surface area contributed by atoms with Gasteiger partial charge in [-0.15, -0.1) is 11.8 Å². The van der Waals surface area contributed by atoms with Crippen LogP contribution in [-0.2, 0) is 39.9 Å². The molecule has 0 aromatic heterocycles. The second-order valence-corrected chi connectivity index (χ2v) is 13.8. The van der Waals surface area contributed by atoms with E-state index >= 15 is 0 Å². The van der Waals surface area contributed by atoms with Crippen molar-refractivity contribution in [2.45, 2.75) is 24.5 Å². The lowest BCUT2D eigenvalue weighted by Gasteiger charge is -2.07. The third kappa shape index (κ3) is 7.72. The van der Waals surface area contributed by atoms with Crippen molar-refractivity contribution in [3.63, 3.8) is 0 Å². The molecule has 11 nitrogen and oxygen atoms in total. The Morgan fingerprint density at radius 2 is 1.12 bits per heavy atom. The zero-order valence-electron chi connectivity index (χ0n) is 17.1. The topological polar surface area (TPSA) is 186 Å². The highest BCUT2D eigenvalue weighted by Crippen LogP contribution is 2.28. The first kappa shape index (κ1) is 28.3. The van der Waals surface area contributed by atoms with E-state index in [1.807, 2.05) is 0 Å². The zero-order valence-corrected chi connectivity index (χ0v) is 21.2. The fourth-order valence-corrected chi connectivity index (χ4v) is 5.93. The average molecular weight is 549 g/mol. The summed E-state index contributed by atoms with van der Waals surface area (Å²) in [6.07, 6.45) is 3.53. The highest BCUT2D eigenvalue weighted by atomic mass is 32.2. The van der Waals surface area contributed by atoms with Gasteiger partial charge in [0, 0.05) is 17.4 Å². The average Bonchev–Trinajstić information content (AvgIpc) is 2.64. The molecule has 0 atom stereocenters. The number of thioether (sulfide) groups is 1. The number of rotatable bonds is 6. The van der Waals surface area contributed by atoms with Crippen LogP contribution in [0.3, 0.4) is 0 Å². The maximum atomic E-state index is 11.2. The van der Waals surface area contributed by atoms with Crippen LogP contribution in [0.5, 0.6) is 5.75 Å². The van der Waals surface area contributed by atoms with E-state index in [0.29, 0.717) is 4.90 Å². The predicted molar refractivity (Wildman–Crippen MR) is 117 cm³/mol. The smallest absolute Gasteiger partial charge is 0.298 e. The molecule has 0 unspecified atom stereocenters. The molecule has 2 rings (SSSR count). The molecule has 0 aliphatic heterocycles. The molecule has 2 aromatic rings. The van der Waals surface area contributed by atoms with E-state index in [-0.39, 0.29) is 20.4 Å². The van der Waals surface area contributed by atoms with E-state index < -0.39 is 44.8 Å². The van der Waals surface area contributed by atoms with E-state index in [9.17, 15) is 33.7 Å². The Balaban J connectivity index is 0.000000320. The molecule has 0 aliphatic rings. The Hall–Kier alpha value is -1.69. The molecule has 0 saturated heterocycles. The summed E-state index contributed by atoms with van der Waals surface area (Å²) in [6.45, 7) is 0. The van der Waals surface area contributed by atoms with Gasteiger partial charge in [0.1, 0.15) is 15.5 Å². The number of ether oxygens (including phenoxy) is 1. The van der Waals surface area contributed by atoms with Gasteiger partial charge in [0.2, 0.25) is 0 Å². The zero-order chi connectivity index (χ0) is 25.1. The molecule has 0 saturated carbocycles. The second-order valence-electron chi connectivity index (χ2n) is 6.12. The van der Waals surface area contributed by atoms with Crippen LogP contribution in [0.2, 0.25) is 0 Å². The minimum Gasteiger partial charge on any atom is -0.495 e. The Morgan fingerprint density at radius 3 is 1.47 bits per heavy atom. The van der Waals surface area contributed by atoms with Gasteiger partial charge in [-0.1, -0.05) is 0 Å². The summed E-state index contributed by atoms with van der Waals surface area (Å²) in [6, 6.07) is 6.82. The Morgan fingerprint density at radius 1 is 0.719 bits per heavy atom. The van der Waals surface area contributed by atoms with Crippen LogP contribution in [0.4, 0.5) is 0 Å². The molecule has 2 N–H and O–H groups in total. The fraction of sp³-hybridized carbons (Fsp3) is 0.250. The monoisotopic (exact) mass is 548 g/mol. The lowest BCUT2D eigenvalue weighted by molar-refractivity contribution is 0.397. The van der Waals surface area contributed by atoms with Gasteiger partial charge in [-0.25, -0.2) is 16.8 Å². The van der Waals surface area contributed by atoms with Crippen LogP contribution in [0.25, 0.3) is 0 Å². The molecular weight excluding hydrogens is 529 g/mol. The van der Waals surface area contributed by atoms with E-state index in [4.69, 9.17) is 13.8 Å². The van der Waals surface area contributed by atoms with E-state index in [2.05, 4.69) is 0 Å². The third-order valence-electron chi connectivity index (χ3n) is 3.68. The van der Waals surface area contributed by atoms with Gasteiger partial charge in [0.05, 0.1) is 16.9 Å². The van der Waals surface area contributed by atoms with Crippen molar-refractivity contribution in [2.75, 3.05) is 25.9 Å². The number of hydrogen-bond donors (Lipinski definition) is 2. The Labute approximate surface area is 191 Å². The second kappa shape index (κ2) is 10.1. The molecule has 0 heterocycles. The van der Waals surface area contributed by atoms with Crippen molar-refractivity contribution in [3.8, 4) is 5.75 Å². The van der Waals surface area contributed by atoms with Crippen LogP contribution in [0.15, 0.2) is 60.9 Å². The van der Waals surface area contributed by atoms with Crippen molar-refractivity contribution < 1.29 is 47.5 Å². The quantitative estimate of drug-likeness (QED) is 0.391. The molecule has 32 heavy (non-hydrogen) atoms. The molecule has 2 aromatic carbocycles. The van der Waals surface area contributed by atoms with Crippen LogP contribution in [-0.4, -0.2) is 68.7 Å². The highest BCUT2D eigenvalue weighted by molar-refractivity contribution is 7.99. The van der Waals surface area contributed by atoms with E-state index in [0.717, 1.165) is 36.4 Å². The van der Waals surface area contributed by atoms with Crippen molar-refractivity contribution >= 4 is 51.7 Å². The summed E-state index contributed by atoms with van der Waals surface area (Å²) in [5, 5.41) is 0. The number of methoxy groups -OCH3 is 1. The number of benzene rings is 2. The standard InChI is InChI=1S/C8H10O6S2.C8H10O5S3/c2*1-14-7-4-3-6(15(2,9)10)5-8(7)16(11,12)13/h2*3-5H,1-2H3,(H,11,12,13). The summed E-state index contributed by atoms with van der Waals surface area (Å²) in [7, 11) is -14.8. The van der Waals surface area contributed by atoms with Gasteiger partial charge >= 0.3 is 0 Å². The Bertz CT molecular complexity index is 1310. The van der Waals surface area contributed by atoms with Gasteiger partial charge in [-0.05, 0) is 42.7 Å². The SMILES string of the molecule is COc1ccc(S(C)(=O)=O)cc1S(=O)(=O)O.CSc1ccc(S(C)(=O)=O)cc1S(=O)(=O)O. The molecule has 180 valence electrons. The van der Waals surface area contributed by atoms with Gasteiger partial charge in [0.25, 0.3) is 20.2 Å². The summed E-state index contributed by atoms with van der Waals surface area (Å²) in [5.74, 6) is -0.116. The largest absolute Gasteiger partial charge is 0.495 e. The minimum atomic E-state index is -4.52. The Kier molecular flexibility index (Phi) is 8.91. The van der Waals surface area contributed by atoms with Crippen molar-refractivity contribution in [1.82, 2.24) is 0 Å². The van der Waals surface area contributed by atoms with Crippen LogP contribution < -0.4 is 4.74 Å². The number of hydrogen-bond acceptors (Lipinski definition) is 10. The van der Waals surface area contributed by atoms with Crippen LogP contribution in [0, 0.1) is 0 Å². The van der Waals surface area contributed by atoms with Gasteiger partial charge in [-0.2, -0.15) is 16.8 Å². The minimum absolute atomic E-state index is 0.116. The maximum Gasteiger partial charge on any atom is 0.298 e. The van der Waals surface area contributed by atoms with Crippen molar-refractivity contribution in [3.05, 3.63) is 36.4 Å². The molecule has 0 bridgehead atoms. The van der Waals surface area contributed by atoms with Crippen molar-refractivity contribution in [2.24, 2.45) is 0 Å². The number of sulfone groups is 2. The van der Waals surface area contributed by atoms with E-state index in [1.165, 1.54) is 31.4 Å². The lowest BCUT2D eigenvalue weighted by Crippen LogP contribution is -2.04. The summed E-state index contributed by atoms with van der Waals surface area (Å²) in [4.78, 5) is -1.00. The first-order valence-corrected chi connectivity index (χ1v) is 15.9. The highest BCUT2D eigenvalue weighted by Gasteiger charge is 2.20. The molecule has 0 spiro atoms. The summed E-state index contributed by atoms with van der Waals surface area (Å²) >= 11 is 1.11. The maximum absolute atomic E-state index is 11.2. The fourth-order valence-electron chi connectivity index (χ4n) is 2.18. The molecule has 16 heteroatoms.